The minimum Gasteiger partial charge on any atom is -0.392 e. The van der Waals surface area contributed by atoms with Gasteiger partial charge in [0.05, 0.1) is 6.61 Å². The number of hydrazine groups is 1. The van der Waals surface area contributed by atoms with E-state index in [4.69, 9.17) is 10.9 Å². The van der Waals surface area contributed by atoms with Gasteiger partial charge in [-0.2, -0.15) is 0 Å². The highest BCUT2D eigenvalue weighted by Crippen LogP contribution is 2.08. The normalized spacial score (nSPS) is 22.4. The second-order valence-corrected chi connectivity index (χ2v) is 2.13. The van der Waals surface area contributed by atoms with Crippen molar-refractivity contribution >= 4 is 11.6 Å². The van der Waals surface area contributed by atoms with E-state index < -0.39 is 12.0 Å². The Morgan fingerprint density at radius 2 is 2.73 bits per heavy atom. The highest BCUT2D eigenvalue weighted by molar-refractivity contribution is 6.38. The fourth-order valence-electron chi connectivity index (χ4n) is 0.744. The Morgan fingerprint density at radius 3 is 3.18 bits per heavy atom. The van der Waals surface area contributed by atoms with Gasteiger partial charge in [0, 0.05) is 6.42 Å². The smallest absolute Gasteiger partial charge is 0.283 e. The first-order valence-electron chi connectivity index (χ1n) is 3.12. The van der Waals surface area contributed by atoms with Crippen LogP contribution in [0.5, 0.6) is 0 Å². The lowest BCUT2D eigenvalue weighted by atomic mass is 10.2. The molecular weight excluding hydrogens is 150 g/mol. The Bertz CT molecular complexity index is 191. The zero-order chi connectivity index (χ0) is 8.27. The summed E-state index contributed by atoms with van der Waals surface area (Å²) in [4.78, 5) is 15.4. The molecule has 0 saturated carbocycles. The van der Waals surface area contributed by atoms with E-state index in [9.17, 15) is 4.79 Å². The molecule has 0 aromatic rings. The number of aliphatic hydroxyl groups excluding tert-OH is 1. The Hall–Kier alpha value is -1.14. The molecule has 11 heavy (non-hydrogen) atoms. The number of rotatable bonds is 2. The third-order valence-electron chi connectivity index (χ3n) is 1.33. The van der Waals surface area contributed by atoms with Crippen molar-refractivity contribution in [2.24, 2.45) is 11.0 Å². The molecule has 1 amide bonds. The molecule has 1 rings (SSSR count). The van der Waals surface area contributed by atoms with E-state index in [1.807, 2.05) is 5.43 Å². The van der Waals surface area contributed by atoms with Gasteiger partial charge < -0.3 is 9.94 Å². The molecule has 4 N–H and O–H groups in total. The summed E-state index contributed by atoms with van der Waals surface area (Å²) < 4.78 is 0. The molecule has 0 aliphatic carbocycles. The second-order valence-electron chi connectivity index (χ2n) is 2.13. The lowest BCUT2D eigenvalue weighted by molar-refractivity contribution is -0.114. The van der Waals surface area contributed by atoms with Crippen LogP contribution in [0.3, 0.4) is 0 Å². The number of oxime groups is 1. The number of carbonyl (C=O) groups excluding carboxylic acids is 1. The average Bonchev–Trinajstić information content (AvgIpc) is 2.50. The van der Waals surface area contributed by atoms with Gasteiger partial charge in [0.15, 0.2) is 6.10 Å². The van der Waals surface area contributed by atoms with E-state index >= 15 is 0 Å². The number of hydrogen-bond acceptors (Lipinski definition) is 5. The van der Waals surface area contributed by atoms with E-state index in [-0.39, 0.29) is 12.3 Å². The van der Waals surface area contributed by atoms with Crippen LogP contribution in [-0.4, -0.2) is 29.4 Å². The standard InChI is InChI=1S/C5H9N3O3/c6-7-5(10)4-1-3(2-9)11-8-4/h3,9H,1-2,6H2,(H,7,10)/t3-/m0/s1. The fourth-order valence-corrected chi connectivity index (χ4v) is 0.744. The summed E-state index contributed by atoms with van der Waals surface area (Å²) in [5, 5.41) is 12.0. The maximum atomic E-state index is 10.7. The largest absolute Gasteiger partial charge is 0.392 e. The molecule has 62 valence electrons. The lowest BCUT2D eigenvalue weighted by Crippen LogP contribution is -2.36. The van der Waals surface area contributed by atoms with Gasteiger partial charge in [-0.3, -0.25) is 10.2 Å². The number of nitrogens with one attached hydrogen (secondary N) is 1. The fraction of sp³-hybridized carbons (Fsp3) is 0.600. The van der Waals surface area contributed by atoms with Crippen molar-refractivity contribution in [2.45, 2.75) is 12.5 Å². The van der Waals surface area contributed by atoms with Crippen molar-refractivity contribution in [2.75, 3.05) is 6.61 Å². The Kier molecular flexibility index (Phi) is 2.40. The minimum absolute atomic E-state index is 0.148. The third kappa shape index (κ3) is 1.66. The van der Waals surface area contributed by atoms with Crippen LogP contribution in [0.25, 0.3) is 0 Å². The van der Waals surface area contributed by atoms with Crippen LogP contribution in [0.1, 0.15) is 6.42 Å². The molecule has 1 aliphatic heterocycles. The van der Waals surface area contributed by atoms with Crippen molar-refractivity contribution < 1.29 is 14.7 Å². The van der Waals surface area contributed by atoms with Crippen LogP contribution in [0.4, 0.5) is 0 Å². The molecular formula is C5H9N3O3. The van der Waals surface area contributed by atoms with Crippen LogP contribution in [0.15, 0.2) is 5.16 Å². The third-order valence-corrected chi connectivity index (χ3v) is 1.33. The molecule has 1 atom stereocenters. The second kappa shape index (κ2) is 3.31. The van der Waals surface area contributed by atoms with E-state index in [1.165, 1.54) is 0 Å². The van der Waals surface area contributed by atoms with E-state index in [1.54, 1.807) is 0 Å². The maximum Gasteiger partial charge on any atom is 0.283 e. The van der Waals surface area contributed by atoms with Crippen LogP contribution in [0.2, 0.25) is 0 Å². The van der Waals surface area contributed by atoms with Crippen LogP contribution in [-0.2, 0) is 9.63 Å². The zero-order valence-corrected chi connectivity index (χ0v) is 5.78. The molecule has 1 heterocycles. The lowest BCUT2D eigenvalue weighted by Gasteiger charge is -2.00. The number of aliphatic hydroxyl groups is 1. The van der Waals surface area contributed by atoms with Crippen molar-refractivity contribution in [3.05, 3.63) is 0 Å². The molecule has 0 saturated heterocycles. The summed E-state index contributed by atoms with van der Waals surface area (Å²) in [6, 6.07) is 0. The summed E-state index contributed by atoms with van der Waals surface area (Å²) in [6.07, 6.45) is -0.0956. The van der Waals surface area contributed by atoms with Gasteiger partial charge in [0.25, 0.3) is 5.91 Å². The molecule has 0 spiro atoms. The molecule has 0 aromatic heterocycles. The molecule has 1 aliphatic rings. The Morgan fingerprint density at radius 1 is 2.00 bits per heavy atom. The van der Waals surface area contributed by atoms with Gasteiger partial charge in [0.2, 0.25) is 0 Å². The number of hydrogen-bond donors (Lipinski definition) is 3. The van der Waals surface area contributed by atoms with Crippen LogP contribution >= 0.6 is 0 Å². The predicted molar refractivity (Wildman–Crippen MR) is 36.3 cm³/mol. The number of nitrogens with two attached hydrogens (primary N) is 1. The number of nitrogens with zero attached hydrogens (tertiary/aromatic N) is 1. The summed E-state index contributed by atoms with van der Waals surface area (Å²) in [5.74, 6) is 4.37. The molecule has 6 nitrogen and oxygen atoms in total. The molecule has 0 unspecified atom stereocenters. The van der Waals surface area contributed by atoms with Gasteiger partial charge in [-0.15, -0.1) is 0 Å². The Labute approximate surface area is 63.0 Å². The molecule has 0 radical (unpaired) electrons. The molecule has 6 heteroatoms. The summed E-state index contributed by atoms with van der Waals surface area (Å²) in [7, 11) is 0. The first-order valence-corrected chi connectivity index (χ1v) is 3.12. The van der Waals surface area contributed by atoms with Crippen LogP contribution < -0.4 is 11.3 Å². The van der Waals surface area contributed by atoms with Gasteiger partial charge in [0.1, 0.15) is 5.71 Å². The van der Waals surface area contributed by atoms with Crippen molar-refractivity contribution in [1.29, 1.82) is 0 Å². The topological polar surface area (TPSA) is 96.9 Å². The average molecular weight is 159 g/mol. The zero-order valence-electron chi connectivity index (χ0n) is 5.78. The van der Waals surface area contributed by atoms with Crippen molar-refractivity contribution in [3.63, 3.8) is 0 Å². The first-order chi connectivity index (χ1) is 5.27. The number of carbonyl (C=O) groups is 1. The quantitative estimate of drug-likeness (QED) is 0.249. The number of amides is 1. The Balaban J connectivity index is 2.45. The molecule has 0 aromatic carbocycles. The predicted octanol–water partition coefficient (Wildman–Crippen LogP) is -1.89. The SMILES string of the molecule is NNC(=O)C1=NO[C@H](CO)C1. The minimum atomic E-state index is -0.471. The molecule has 0 fully saturated rings. The highest BCUT2D eigenvalue weighted by Gasteiger charge is 2.24. The molecule has 0 bridgehead atoms. The van der Waals surface area contributed by atoms with Gasteiger partial charge in [-0.1, -0.05) is 5.16 Å². The summed E-state index contributed by atoms with van der Waals surface area (Å²) in [5.41, 5.74) is 2.13. The van der Waals surface area contributed by atoms with Gasteiger partial charge in [-0.05, 0) is 0 Å². The van der Waals surface area contributed by atoms with E-state index in [2.05, 4.69) is 9.99 Å². The summed E-state index contributed by atoms with van der Waals surface area (Å²) in [6.45, 7) is -0.148. The van der Waals surface area contributed by atoms with Crippen molar-refractivity contribution in [1.82, 2.24) is 5.43 Å². The van der Waals surface area contributed by atoms with Gasteiger partial charge >= 0.3 is 0 Å². The highest BCUT2D eigenvalue weighted by atomic mass is 16.6. The maximum absolute atomic E-state index is 10.7. The summed E-state index contributed by atoms with van der Waals surface area (Å²) >= 11 is 0. The van der Waals surface area contributed by atoms with Crippen LogP contribution in [0, 0.1) is 0 Å². The van der Waals surface area contributed by atoms with E-state index in [0.29, 0.717) is 6.42 Å². The van der Waals surface area contributed by atoms with E-state index in [0.717, 1.165) is 0 Å². The first kappa shape index (κ1) is 7.96. The van der Waals surface area contributed by atoms with Gasteiger partial charge in [-0.25, -0.2) is 5.84 Å². The monoisotopic (exact) mass is 159 g/mol. The van der Waals surface area contributed by atoms with Crippen molar-refractivity contribution in [3.8, 4) is 0 Å².